The molecule has 0 aromatic rings. The summed E-state index contributed by atoms with van der Waals surface area (Å²) < 4.78 is 0. The number of likely N-dealkylation sites (N-methyl/N-ethyl adjacent to an activating group) is 1. The van der Waals surface area contributed by atoms with Gasteiger partial charge in [0.2, 0.25) is 11.8 Å². The van der Waals surface area contributed by atoms with Crippen molar-refractivity contribution in [2.24, 2.45) is 0 Å². The summed E-state index contributed by atoms with van der Waals surface area (Å²) in [6, 6.07) is 0. The highest BCUT2D eigenvalue weighted by molar-refractivity contribution is 5.92. The lowest BCUT2D eigenvalue weighted by Gasteiger charge is -2.41. The number of hydrogen-bond acceptors (Lipinski definition) is 3. The molecule has 0 saturated carbocycles. The Morgan fingerprint density at radius 3 is 2.67 bits per heavy atom. The molecule has 5 heteroatoms. The first-order chi connectivity index (χ1) is 6.85. The van der Waals surface area contributed by atoms with Crippen molar-refractivity contribution >= 4 is 11.8 Å². The SMILES string of the molecule is CN(C)CC(=O)N1CCNC(=O)C1(C)C. The smallest absolute Gasteiger partial charge is 0.245 e. The first kappa shape index (κ1) is 12.0. The average molecular weight is 213 g/mol. The van der Waals surface area contributed by atoms with Crippen molar-refractivity contribution in [1.82, 2.24) is 15.1 Å². The first-order valence-corrected chi connectivity index (χ1v) is 5.09. The molecule has 15 heavy (non-hydrogen) atoms. The van der Waals surface area contributed by atoms with Gasteiger partial charge in [-0.3, -0.25) is 9.59 Å². The molecule has 1 N–H and O–H groups in total. The predicted octanol–water partition coefficient (Wildman–Crippen LogP) is -0.715. The summed E-state index contributed by atoms with van der Waals surface area (Å²) in [4.78, 5) is 26.9. The van der Waals surface area contributed by atoms with E-state index in [1.165, 1.54) is 0 Å². The first-order valence-electron chi connectivity index (χ1n) is 5.09. The van der Waals surface area contributed by atoms with Gasteiger partial charge in [-0.05, 0) is 27.9 Å². The van der Waals surface area contributed by atoms with Crippen molar-refractivity contribution in [1.29, 1.82) is 0 Å². The molecule has 5 nitrogen and oxygen atoms in total. The highest BCUT2D eigenvalue weighted by Gasteiger charge is 2.40. The van der Waals surface area contributed by atoms with Crippen molar-refractivity contribution in [2.75, 3.05) is 33.7 Å². The molecule has 86 valence electrons. The molecule has 0 atom stereocenters. The Morgan fingerprint density at radius 1 is 1.53 bits per heavy atom. The maximum atomic E-state index is 11.9. The van der Waals surface area contributed by atoms with Crippen molar-refractivity contribution in [3.8, 4) is 0 Å². The normalized spacial score (nSPS) is 20.3. The fourth-order valence-electron chi connectivity index (χ4n) is 1.69. The van der Waals surface area contributed by atoms with Crippen molar-refractivity contribution in [3.05, 3.63) is 0 Å². The van der Waals surface area contributed by atoms with E-state index >= 15 is 0 Å². The van der Waals surface area contributed by atoms with E-state index in [2.05, 4.69) is 5.32 Å². The molecule has 0 aromatic heterocycles. The minimum atomic E-state index is -0.731. The summed E-state index contributed by atoms with van der Waals surface area (Å²) in [6.45, 7) is 5.02. The van der Waals surface area contributed by atoms with Crippen LogP contribution in [0.1, 0.15) is 13.8 Å². The van der Waals surface area contributed by atoms with E-state index in [-0.39, 0.29) is 11.8 Å². The van der Waals surface area contributed by atoms with E-state index < -0.39 is 5.54 Å². The van der Waals surface area contributed by atoms with Crippen molar-refractivity contribution in [2.45, 2.75) is 19.4 Å². The van der Waals surface area contributed by atoms with Gasteiger partial charge >= 0.3 is 0 Å². The average Bonchev–Trinajstić information content (AvgIpc) is 2.08. The molecule has 0 radical (unpaired) electrons. The van der Waals surface area contributed by atoms with Gasteiger partial charge in [-0.2, -0.15) is 0 Å². The van der Waals surface area contributed by atoms with E-state index in [1.807, 2.05) is 19.0 Å². The number of amides is 2. The second kappa shape index (κ2) is 4.18. The van der Waals surface area contributed by atoms with Crippen LogP contribution in [0.5, 0.6) is 0 Å². The van der Waals surface area contributed by atoms with Crippen LogP contribution >= 0.6 is 0 Å². The van der Waals surface area contributed by atoms with E-state index in [1.54, 1.807) is 18.7 Å². The maximum absolute atomic E-state index is 11.9. The molecule has 1 aliphatic heterocycles. The van der Waals surface area contributed by atoms with Gasteiger partial charge in [-0.25, -0.2) is 0 Å². The van der Waals surface area contributed by atoms with Gasteiger partial charge < -0.3 is 15.1 Å². The highest BCUT2D eigenvalue weighted by atomic mass is 16.2. The maximum Gasteiger partial charge on any atom is 0.245 e. The monoisotopic (exact) mass is 213 g/mol. The minimum Gasteiger partial charge on any atom is -0.352 e. The van der Waals surface area contributed by atoms with Gasteiger partial charge in [0.15, 0.2) is 0 Å². The molecule has 1 aliphatic rings. The van der Waals surface area contributed by atoms with Crippen LogP contribution in [0.4, 0.5) is 0 Å². The minimum absolute atomic E-state index is 0.000139. The third kappa shape index (κ3) is 2.47. The Hall–Kier alpha value is -1.10. The molecular weight excluding hydrogens is 194 g/mol. The van der Waals surface area contributed by atoms with Gasteiger partial charge in [0.1, 0.15) is 5.54 Å². The summed E-state index contributed by atoms with van der Waals surface area (Å²) in [5, 5.41) is 2.76. The third-order valence-corrected chi connectivity index (χ3v) is 2.60. The summed E-state index contributed by atoms with van der Waals surface area (Å²) in [5.41, 5.74) is -0.731. The van der Waals surface area contributed by atoms with Gasteiger partial charge in [0.25, 0.3) is 0 Å². The molecule has 0 aromatic carbocycles. The standard InChI is InChI=1S/C10H19N3O2/c1-10(2)9(15)11-5-6-13(10)8(14)7-12(3)4/h5-7H2,1-4H3,(H,11,15). The number of hydrogen-bond donors (Lipinski definition) is 1. The van der Waals surface area contributed by atoms with Crippen LogP contribution in [-0.4, -0.2) is 60.9 Å². The van der Waals surface area contributed by atoms with Crippen LogP contribution in [0.15, 0.2) is 0 Å². The Kier molecular flexibility index (Phi) is 3.34. The molecule has 1 saturated heterocycles. The van der Waals surface area contributed by atoms with E-state index in [4.69, 9.17) is 0 Å². The topological polar surface area (TPSA) is 52.7 Å². The van der Waals surface area contributed by atoms with Crippen LogP contribution in [0.3, 0.4) is 0 Å². The fraction of sp³-hybridized carbons (Fsp3) is 0.800. The summed E-state index contributed by atoms with van der Waals surface area (Å²) >= 11 is 0. The Labute approximate surface area is 90.4 Å². The number of nitrogens with one attached hydrogen (secondary N) is 1. The Morgan fingerprint density at radius 2 is 2.13 bits per heavy atom. The number of nitrogens with zero attached hydrogens (tertiary/aromatic N) is 2. The molecule has 0 unspecified atom stereocenters. The lowest BCUT2D eigenvalue weighted by Crippen LogP contribution is -2.64. The second-order valence-corrected chi connectivity index (χ2v) is 4.60. The highest BCUT2D eigenvalue weighted by Crippen LogP contribution is 2.17. The van der Waals surface area contributed by atoms with E-state index in [0.717, 1.165) is 0 Å². The third-order valence-electron chi connectivity index (χ3n) is 2.60. The molecule has 0 spiro atoms. The molecule has 1 heterocycles. The molecular formula is C10H19N3O2. The number of carbonyl (C=O) groups is 2. The number of piperazine rings is 1. The zero-order valence-corrected chi connectivity index (χ0v) is 9.83. The molecule has 1 fully saturated rings. The lowest BCUT2D eigenvalue weighted by atomic mass is 9.99. The fourth-order valence-corrected chi connectivity index (χ4v) is 1.69. The summed E-state index contributed by atoms with van der Waals surface area (Å²) in [5.74, 6) is -0.0827. The van der Waals surface area contributed by atoms with Crippen LogP contribution in [-0.2, 0) is 9.59 Å². The number of carbonyl (C=O) groups excluding carboxylic acids is 2. The van der Waals surface area contributed by atoms with Crippen LogP contribution < -0.4 is 5.32 Å². The summed E-state index contributed by atoms with van der Waals surface area (Å²) in [6.07, 6.45) is 0. The van der Waals surface area contributed by atoms with Gasteiger partial charge in [0.05, 0.1) is 6.54 Å². The Balaban J connectivity index is 2.75. The summed E-state index contributed by atoms with van der Waals surface area (Å²) in [7, 11) is 3.68. The van der Waals surface area contributed by atoms with Gasteiger partial charge in [0, 0.05) is 13.1 Å². The molecule has 1 rings (SSSR count). The van der Waals surface area contributed by atoms with Gasteiger partial charge in [-0.15, -0.1) is 0 Å². The largest absolute Gasteiger partial charge is 0.352 e. The van der Waals surface area contributed by atoms with Gasteiger partial charge in [-0.1, -0.05) is 0 Å². The predicted molar refractivity (Wildman–Crippen MR) is 57.4 cm³/mol. The van der Waals surface area contributed by atoms with E-state index in [0.29, 0.717) is 19.6 Å². The van der Waals surface area contributed by atoms with Crippen LogP contribution in [0.25, 0.3) is 0 Å². The van der Waals surface area contributed by atoms with Crippen molar-refractivity contribution in [3.63, 3.8) is 0 Å². The quantitative estimate of drug-likeness (QED) is 0.659. The lowest BCUT2D eigenvalue weighted by molar-refractivity contribution is -0.149. The van der Waals surface area contributed by atoms with Crippen LogP contribution in [0, 0.1) is 0 Å². The van der Waals surface area contributed by atoms with Crippen LogP contribution in [0.2, 0.25) is 0 Å². The molecule has 2 amide bonds. The Bertz CT molecular complexity index is 274. The number of rotatable bonds is 2. The molecule has 0 aliphatic carbocycles. The zero-order valence-electron chi connectivity index (χ0n) is 9.83. The van der Waals surface area contributed by atoms with E-state index in [9.17, 15) is 9.59 Å². The zero-order chi connectivity index (χ0) is 11.6. The second-order valence-electron chi connectivity index (χ2n) is 4.60. The van der Waals surface area contributed by atoms with Crippen molar-refractivity contribution < 1.29 is 9.59 Å². The molecule has 0 bridgehead atoms.